The van der Waals surface area contributed by atoms with Crippen LogP contribution in [0.5, 0.6) is 0 Å². The topological polar surface area (TPSA) is 48.0 Å². The van der Waals surface area contributed by atoms with Gasteiger partial charge < -0.3 is 19.1 Å². The molecule has 1 heterocycles. The third-order valence-electron chi connectivity index (χ3n) is 3.05. The number of rotatable bonds is 4. The number of methoxy groups -OCH3 is 1. The second-order valence-electron chi connectivity index (χ2n) is 6.30. The van der Waals surface area contributed by atoms with Gasteiger partial charge >= 0.3 is 6.09 Å². The van der Waals surface area contributed by atoms with Gasteiger partial charge in [0.05, 0.1) is 25.4 Å². The first-order chi connectivity index (χ1) is 8.76. The molecule has 0 bridgehead atoms. The highest BCUT2D eigenvalue weighted by Crippen LogP contribution is 2.25. The lowest BCUT2D eigenvalue weighted by Crippen LogP contribution is -2.51. The van der Waals surface area contributed by atoms with Crippen LogP contribution in [0.1, 0.15) is 40.5 Å². The highest BCUT2D eigenvalue weighted by molar-refractivity contribution is 5.68. The van der Waals surface area contributed by atoms with E-state index < -0.39 is 5.60 Å². The average molecular weight is 273 g/mol. The van der Waals surface area contributed by atoms with Gasteiger partial charge in [-0.05, 0) is 40.5 Å². The number of likely N-dealkylation sites (tertiary alicyclic amines) is 1. The van der Waals surface area contributed by atoms with Crippen LogP contribution in [0, 0.1) is 0 Å². The van der Waals surface area contributed by atoms with Gasteiger partial charge in [0, 0.05) is 13.7 Å². The third kappa shape index (κ3) is 5.78. The van der Waals surface area contributed by atoms with Crippen LogP contribution in [0.3, 0.4) is 0 Å². The lowest BCUT2D eigenvalue weighted by Gasteiger charge is -2.40. The van der Waals surface area contributed by atoms with E-state index in [1.165, 1.54) is 0 Å². The van der Waals surface area contributed by atoms with Crippen molar-refractivity contribution in [2.45, 2.75) is 51.7 Å². The Morgan fingerprint density at radius 1 is 1.32 bits per heavy atom. The van der Waals surface area contributed by atoms with Crippen molar-refractivity contribution in [2.75, 3.05) is 33.4 Å². The molecule has 0 radical (unpaired) electrons. The molecule has 0 aromatic carbocycles. The molecule has 1 aliphatic rings. The smallest absolute Gasteiger partial charge is 0.410 e. The molecule has 5 nitrogen and oxygen atoms in total. The molecule has 1 amide bonds. The lowest BCUT2D eigenvalue weighted by molar-refractivity contribution is -0.0904. The summed E-state index contributed by atoms with van der Waals surface area (Å²) < 4.78 is 16.2. The number of carbonyl (C=O) groups is 1. The van der Waals surface area contributed by atoms with Crippen molar-refractivity contribution < 1.29 is 19.0 Å². The van der Waals surface area contributed by atoms with Gasteiger partial charge in [0.25, 0.3) is 0 Å². The van der Waals surface area contributed by atoms with Gasteiger partial charge in [-0.3, -0.25) is 0 Å². The van der Waals surface area contributed by atoms with Crippen LogP contribution in [-0.4, -0.2) is 55.6 Å². The molecule has 1 saturated heterocycles. The van der Waals surface area contributed by atoms with Crippen LogP contribution in [-0.2, 0) is 14.2 Å². The Kier molecular flexibility index (Phi) is 5.62. The van der Waals surface area contributed by atoms with Gasteiger partial charge in [0.2, 0.25) is 0 Å². The fraction of sp³-hybridized carbons (Fsp3) is 0.929. The van der Waals surface area contributed by atoms with E-state index in [2.05, 4.69) is 0 Å². The summed E-state index contributed by atoms with van der Waals surface area (Å²) in [5.74, 6) is 0. The van der Waals surface area contributed by atoms with Gasteiger partial charge in [-0.15, -0.1) is 0 Å². The van der Waals surface area contributed by atoms with E-state index >= 15 is 0 Å². The molecular weight excluding hydrogens is 246 g/mol. The maximum absolute atomic E-state index is 12.1. The summed E-state index contributed by atoms with van der Waals surface area (Å²) in [6.45, 7) is 10.1. The molecule has 1 aliphatic heterocycles. The van der Waals surface area contributed by atoms with Crippen LogP contribution >= 0.6 is 0 Å². The maximum Gasteiger partial charge on any atom is 0.410 e. The van der Waals surface area contributed by atoms with Crippen molar-refractivity contribution in [1.82, 2.24) is 4.90 Å². The fourth-order valence-electron chi connectivity index (χ4n) is 2.18. The molecule has 0 N–H and O–H groups in total. The van der Waals surface area contributed by atoms with Crippen molar-refractivity contribution in [2.24, 2.45) is 0 Å². The predicted molar refractivity (Wildman–Crippen MR) is 73.3 cm³/mol. The molecule has 1 fully saturated rings. The number of hydrogen-bond donors (Lipinski definition) is 0. The Bertz CT molecular complexity index is 300. The molecule has 1 rings (SSSR count). The quantitative estimate of drug-likeness (QED) is 0.738. The molecule has 0 saturated carbocycles. The minimum absolute atomic E-state index is 0.256. The zero-order chi connectivity index (χ0) is 14.5. The van der Waals surface area contributed by atoms with Crippen molar-refractivity contribution in [3.8, 4) is 0 Å². The summed E-state index contributed by atoms with van der Waals surface area (Å²) in [6.07, 6.45) is 1.63. The first-order valence-electron chi connectivity index (χ1n) is 6.87. The van der Waals surface area contributed by atoms with E-state index in [0.29, 0.717) is 19.8 Å². The summed E-state index contributed by atoms with van der Waals surface area (Å²) >= 11 is 0. The highest BCUT2D eigenvalue weighted by atomic mass is 16.6. The number of ether oxygens (including phenoxy) is 3. The van der Waals surface area contributed by atoms with Gasteiger partial charge in [0.15, 0.2) is 0 Å². The minimum atomic E-state index is -0.457. The van der Waals surface area contributed by atoms with Crippen molar-refractivity contribution in [1.29, 1.82) is 0 Å². The molecule has 0 aliphatic carbocycles. The van der Waals surface area contributed by atoms with Gasteiger partial charge in [-0.1, -0.05) is 0 Å². The Morgan fingerprint density at radius 2 is 2.00 bits per heavy atom. The number of carbonyl (C=O) groups excluding carboxylic acids is 1. The monoisotopic (exact) mass is 273 g/mol. The summed E-state index contributed by atoms with van der Waals surface area (Å²) in [7, 11) is 1.65. The molecule has 19 heavy (non-hydrogen) atoms. The normalized spacial score (nSPS) is 24.4. The number of piperidine rings is 1. The zero-order valence-corrected chi connectivity index (χ0v) is 12.8. The summed E-state index contributed by atoms with van der Waals surface area (Å²) in [5.41, 5.74) is -0.754. The Morgan fingerprint density at radius 3 is 2.58 bits per heavy atom. The first kappa shape index (κ1) is 16.2. The fourth-order valence-corrected chi connectivity index (χ4v) is 2.18. The molecular formula is C14H27NO4. The summed E-state index contributed by atoms with van der Waals surface area (Å²) in [6, 6.07) is 0. The van der Waals surface area contributed by atoms with Crippen LogP contribution in [0.2, 0.25) is 0 Å². The van der Waals surface area contributed by atoms with Crippen molar-refractivity contribution in [3.05, 3.63) is 0 Å². The van der Waals surface area contributed by atoms with Crippen LogP contribution in [0.25, 0.3) is 0 Å². The largest absolute Gasteiger partial charge is 0.444 e. The zero-order valence-electron chi connectivity index (χ0n) is 12.8. The first-order valence-corrected chi connectivity index (χ1v) is 6.87. The number of hydrogen-bond acceptors (Lipinski definition) is 4. The lowest BCUT2D eigenvalue weighted by atomic mass is 9.95. The van der Waals surface area contributed by atoms with E-state index in [1.807, 2.05) is 27.7 Å². The number of nitrogens with zero attached hydrogens (tertiary/aromatic N) is 1. The van der Waals surface area contributed by atoms with Gasteiger partial charge in [-0.2, -0.15) is 0 Å². The molecule has 1 atom stereocenters. The van der Waals surface area contributed by atoms with Crippen molar-refractivity contribution >= 4 is 6.09 Å². The van der Waals surface area contributed by atoms with E-state index in [-0.39, 0.29) is 11.7 Å². The Hall–Kier alpha value is -0.810. The molecule has 0 aromatic heterocycles. The van der Waals surface area contributed by atoms with E-state index in [9.17, 15) is 4.79 Å². The third-order valence-corrected chi connectivity index (χ3v) is 3.05. The summed E-state index contributed by atoms with van der Waals surface area (Å²) in [4.78, 5) is 13.8. The molecule has 0 aromatic rings. The Labute approximate surface area is 116 Å². The van der Waals surface area contributed by atoms with Crippen molar-refractivity contribution in [3.63, 3.8) is 0 Å². The van der Waals surface area contributed by atoms with E-state index in [0.717, 1.165) is 19.4 Å². The SMILES string of the molecule is COCCOC1(C)CCCN(C(=O)OC(C)(C)C)C1. The van der Waals surface area contributed by atoms with Gasteiger partial charge in [-0.25, -0.2) is 4.79 Å². The van der Waals surface area contributed by atoms with E-state index in [1.54, 1.807) is 12.0 Å². The maximum atomic E-state index is 12.1. The van der Waals surface area contributed by atoms with E-state index in [4.69, 9.17) is 14.2 Å². The predicted octanol–water partition coefficient (Wildman–Crippen LogP) is 2.44. The molecule has 5 heteroatoms. The highest BCUT2D eigenvalue weighted by Gasteiger charge is 2.35. The van der Waals surface area contributed by atoms with Crippen LogP contribution in [0.4, 0.5) is 4.79 Å². The van der Waals surface area contributed by atoms with Gasteiger partial charge in [0.1, 0.15) is 5.60 Å². The molecule has 1 unspecified atom stereocenters. The van der Waals surface area contributed by atoms with Crippen LogP contribution in [0.15, 0.2) is 0 Å². The van der Waals surface area contributed by atoms with Crippen LogP contribution < -0.4 is 0 Å². The second kappa shape index (κ2) is 6.57. The minimum Gasteiger partial charge on any atom is -0.444 e. The molecule has 0 spiro atoms. The standard InChI is InChI=1S/C14H27NO4/c1-13(2,3)19-12(16)15-8-6-7-14(4,11-15)18-10-9-17-5/h6-11H2,1-5H3. The molecule has 112 valence electrons. The summed E-state index contributed by atoms with van der Waals surface area (Å²) in [5, 5.41) is 0. The second-order valence-corrected chi connectivity index (χ2v) is 6.30. The number of amides is 1. The average Bonchev–Trinajstić information content (AvgIpc) is 2.27. The Balaban J connectivity index is 2.51.